The molecule has 0 saturated carbocycles. The molecule has 0 amide bonds. The molecule has 0 N–H and O–H groups in total. The Morgan fingerprint density at radius 1 is 0.182 bits per heavy atom. The monoisotopic (exact) mass is 838 g/mol. The summed E-state index contributed by atoms with van der Waals surface area (Å²) >= 11 is 0. The number of fused-ring (bicyclic) bond motifs is 3. The Morgan fingerprint density at radius 2 is 0.485 bits per heavy atom. The molecule has 0 fully saturated rings. The average molecular weight is 839 g/mol. The van der Waals surface area contributed by atoms with Crippen LogP contribution in [0, 0.1) is 0 Å². The van der Waals surface area contributed by atoms with Gasteiger partial charge in [0.2, 0.25) is 0 Å². The predicted octanol–water partition coefficient (Wildman–Crippen LogP) is 17.3. The largest absolute Gasteiger partial charge is 0.248 e. The Hall–Kier alpha value is -8.72. The number of hydrogen-bond acceptors (Lipinski definition) is 2. The van der Waals surface area contributed by atoms with Crippen molar-refractivity contribution in [2.24, 2.45) is 0 Å². The number of hydrogen-bond donors (Lipinski definition) is 0. The highest BCUT2D eigenvalue weighted by molar-refractivity contribution is 6.00. The zero-order valence-corrected chi connectivity index (χ0v) is 36.1. The van der Waals surface area contributed by atoms with E-state index >= 15 is 0 Å². The van der Waals surface area contributed by atoms with Crippen molar-refractivity contribution in [1.29, 1.82) is 0 Å². The minimum absolute atomic E-state index is 0.957. The highest BCUT2D eigenvalue weighted by atomic mass is 14.7. The minimum atomic E-state index is 0.957. The zero-order chi connectivity index (χ0) is 43.8. The summed E-state index contributed by atoms with van der Waals surface area (Å²) < 4.78 is 0. The van der Waals surface area contributed by atoms with Crippen LogP contribution in [0.4, 0.5) is 0 Å². The maximum absolute atomic E-state index is 5.37. The first-order chi connectivity index (χ1) is 32.7. The standard InChI is InChI=1S/C64H42N2/c1-2-17-50(18-3-1)61-39-53(40-62(65-61)58-27-11-19-47-14-4-7-24-55(47)58)45-34-30-43(31-35-45)51-22-10-23-52(38-51)44-32-36-46(37-33-44)54-41-63(59-28-12-20-48-15-5-8-25-56(48)59)66-64(42-54)60-29-13-21-49-16-6-9-26-57(49)60/h1-42H. The summed E-state index contributed by atoms with van der Waals surface area (Å²) in [7, 11) is 0. The Labute approximate surface area is 384 Å². The van der Waals surface area contributed by atoms with Gasteiger partial charge >= 0.3 is 0 Å². The molecule has 0 aliphatic carbocycles. The normalized spacial score (nSPS) is 11.3. The van der Waals surface area contributed by atoms with Gasteiger partial charge in [-0.15, -0.1) is 0 Å². The molecule has 0 bridgehead atoms. The van der Waals surface area contributed by atoms with Gasteiger partial charge in [-0.2, -0.15) is 0 Å². The number of pyridine rings is 2. The summed E-state index contributed by atoms with van der Waals surface area (Å²) in [6.45, 7) is 0. The van der Waals surface area contributed by atoms with Crippen LogP contribution >= 0.6 is 0 Å². The van der Waals surface area contributed by atoms with Gasteiger partial charge in [-0.1, -0.05) is 224 Å². The first-order valence-electron chi connectivity index (χ1n) is 22.5. The molecular formula is C64H42N2. The van der Waals surface area contributed by atoms with E-state index in [2.05, 4.69) is 255 Å². The Morgan fingerprint density at radius 3 is 0.909 bits per heavy atom. The molecule has 0 atom stereocenters. The fourth-order valence-electron chi connectivity index (χ4n) is 9.50. The van der Waals surface area contributed by atoms with Gasteiger partial charge < -0.3 is 0 Å². The Kier molecular flexibility index (Phi) is 9.89. The van der Waals surface area contributed by atoms with E-state index in [1.165, 1.54) is 54.6 Å². The summed E-state index contributed by atoms with van der Waals surface area (Å²) in [6.07, 6.45) is 0. The van der Waals surface area contributed by atoms with Gasteiger partial charge in [0.25, 0.3) is 0 Å². The van der Waals surface area contributed by atoms with Crippen molar-refractivity contribution >= 4 is 32.3 Å². The van der Waals surface area contributed by atoms with E-state index in [1.54, 1.807) is 0 Å². The molecule has 0 aliphatic rings. The van der Waals surface area contributed by atoms with E-state index in [0.717, 1.165) is 67.3 Å². The lowest BCUT2D eigenvalue weighted by atomic mass is 9.94. The third-order valence-electron chi connectivity index (χ3n) is 12.9. The first kappa shape index (κ1) is 38.9. The maximum atomic E-state index is 5.37. The second-order valence-electron chi connectivity index (χ2n) is 16.9. The van der Waals surface area contributed by atoms with Crippen LogP contribution in [0.15, 0.2) is 255 Å². The maximum Gasteiger partial charge on any atom is 0.0721 e. The van der Waals surface area contributed by atoms with E-state index in [1.807, 2.05) is 0 Å². The van der Waals surface area contributed by atoms with E-state index < -0.39 is 0 Å². The number of benzene rings is 10. The van der Waals surface area contributed by atoms with E-state index in [0.29, 0.717) is 0 Å². The lowest BCUT2D eigenvalue weighted by Crippen LogP contribution is -1.93. The molecule has 2 nitrogen and oxygen atoms in total. The smallest absolute Gasteiger partial charge is 0.0721 e. The van der Waals surface area contributed by atoms with Crippen molar-refractivity contribution in [2.75, 3.05) is 0 Å². The number of aromatic nitrogens is 2. The molecule has 2 aromatic heterocycles. The molecule has 66 heavy (non-hydrogen) atoms. The van der Waals surface area contributed by atoms with Crippen LogP contribution in [0.2, 0.25) is 0 Å². The van der Waals surface area contributed by atoms with Crippen molar-refractivity contribution in [1.82, 2.24) is 9.97 Å². The molecule has 0 aliphatic heterocycles. The van der Waals surface area contributed by atoms with E-state index in [9.17, 15) is 0 Å². The van der Waals surface area contributed by atoms with E-state index in [4.69, 9.17) is 9.97 Å². The minimum Gasteiger partial charge on any atom is -0.248 e. The molecule has 12 aromatic rings. The molecule has 10 aromatic carbocycles. The van der Waals surface area contributed by atoms with Crippen LogP contribution in [0.25, 0.3) is 122 Å². The third-order valence-corrected chi connectivity index (χ3v) is 12.9. The lowest BCUT2D eigenvalue weighted by molar-refractivity contribution is 1.33. The van der Waals surface area contributed by atoms with E-state index in [-0.39, 0.29) is 0 Å². The summed E-state index contributed by atoms with van der Waals surface area (Å²) in [5.74, 6) is 0. The van der Waals surface area contributed by atoms with Gasteiger partial charge in [0.15, 0.2) is 0 Å². The van der Waals surface area contributed by atoms with Crippen molar-refractivity contribution in [3.8, 4) is 89.5 Å². The lowest BCUT2D eigenvalue weighted by Gasteiger charge is -2.14. The van der Waals surface area contributed by atoms with Crippen LogP contribution in [0.1, 0.15) is 0 Å². The molecule has 2 heterocycles. The van der Waals surface area contributed by atoms with Crippen LogP contribution in [0.5, 0.6) is 0 Å². The van der Waals surface area contributed by atoms with Crippen LogP contribution in [-0.4, -0.2) is 9.97 Å². The van der Waals surface area contributed by atoms with Gasteiger partial charge in [-0.05, 0) is 107 Å². The van der Waals surface area contributed by atoms with Gasteiger partial charge in [0, 0.05) is 22.3 Å². The topological polar surface area (TPSA) is 25.8 Å². The SMILES string of the molecule is c1ccc(-c2cc(-c3ccc(-c4cccc(-c5ccc(-c6cc(-c7cccc8ccccc78)nc(-c7cccc8ccccc78)c6)cc5)c4)cc3)cc(-c3cccc4ccccc34)n2)cc1. The second kappa shape index (κ2) is 16.8. The average Bonchev–Trinajstić information content (AvgIpc) is 3.40. The van der Waals surface area contributed by atoms with Crippen molar-refractivity contribution < 1.29 is 0 Å². The fraction of sp³-hybridized carbons (Fsp3) is 0. The molecule has 0 unspecified atom stereocenters. The van der Waals surface area contributed by atoms with Gasteiger partial charge in [0.05, 0.1) is 22.8 Å². The highest BCUT2D eigenvalue weighted by Crippen LogP contribution is 2.38. The molecule has 308 valence electrons. The zero-order valence-electron chi connectivity index (χ0n) is 36.1. The molecule has 0 saturated heterocycles. The second-order valence-corrected chi connectivity index (χ2v) is 16.9. The predicted molar refractivity (Wildman–Crippen MR) is 278 cm³/mol. The summed E-state index contributed by atoms with van der Waals surface area (Å²) in [4.78, 5) is 10.6. The van der Waals surface area contributed by atoms with Crippen LogP contribution < -0.4 is 0 Å². The third kappa shape index (κ3) is 7.41. The molecule has 0 spiro atoms. The Bertz CT molecular complexity index is 3630. The summed E-state index contributed by atoms with van der Waals surface area (Å²) in [5, 5.41) is 7.20. The Balaban J connectivity index is 0.875. The number of rotatable bonds is 8. The molecule has 2 heteroatoms. The molecular weight excluding hydrogens is 797 g/mol. The highest BCUT2D eigenvalue weighted by Gasteiger charge is 2.15. The number of nitrogens with zero attached hydrogens (tertiary/aromatic N) is 2. The van der Waals surface area contributed by atoms with Crippen molar-refractivity contribution in [3.05, 3.63) is 255 Å². The van der Waals surface area contributed by atoms with Crippen LogP contribution in [-0.2, 0) is 0 Å². The quantitative estimate of drug-likeness (QED) is 0.152. The van der Waals surface area contributed by atoms with Gasteiger partial charge in [-0.25, -0.2) is 9.97 Å². The van der Waals surface area contributed by atoms with Crippen molar-refractivity contribution in [2.45, 2.75) is 0 Å². The fourth-order valence-corrected chi connectivity index (χ4v) is 9.50. The summed E-state index contributed by atoms with van der Waals surface area (Å²) in [6, 6.07) is 91.3. The van der Waals surface area contributed by atoms with Crippen molar-refractivity contribution in [3.63, 3.8) is 0 Å². The van der Waals surface area contributed by atoms with Gasteiger partial charge in [-0.3, -0.25) is 0 Å². The molecule has 12 rings (SSSR count). The summed E-state index contributed by atoms with van der Waals surface area (Å²) in [5.41, 5.74) is 17.6. The first-order valence-corrected chi connectivity index (χ1v) is 22.5. The van der Waals surface area contributed by atoms with Crippen LogP contribution in [0.3, 0.4) is 0 Å². The molecule has 0 radical (unpaired) electrons. The van der Waals surface area contributed by atoms with Gasteiger partial charge in [0.1, 0.15) is 0 Å².